The summed E-state index contributed by atoms with van der Waals surface area (Å²) >= 11 is 3.47. The molecule has 2 rings (SSSR count). The number of nitrogens with zero attached hydrogens (tertiary/aromatic N) is 1. The molecule has 1 aromatic carbocycles. The van der Waals surface area contributed by atoms with Crippen molar-refractivity contribution in [3.63, 3.8) is 0 Å². The molecule has 0 N–H and O–H groups in total. The second-order valence-electron chi connectivity index (χ2n) is 4.10. The first-order chi connectivity index (χ1) is 7.79. The monoisotopic (exact) mass is 277 g/mol. The van der Waals surface area contributed by atoms with Crippen LogP contribution in [0.1, 0.15) is 31.9 Å². The Hall–Kier alpha value is -0.890. The second kappa shape index (κ2) is 5.44. The predicted octanol–water partition coefficient (Wildman–Crippen LogP) is 4.73. The van der Waals surface area contributed by atoms with E-state index in [0.717, 1.165) is 16.4 Å². The predicted molar refractivity (Wildman–Crippen MR) is 72.7 cm³/mol. The maximum atomic E-state index is 4.67. The van der Waals surface area contributed by atoms with E-state index in [1.165, 1.54) is 30.3 Å². The van der Waals surface area contributed by atoms with E-state index in [-0.39, 0.29) is 0 Å². The van der Waals surface area contributed by atoms with Gasteiger partial charge in [0.2, 0.25) is 0 Å². The maximum Gasteiger partial charge on any atom is 0.0706 e. The number of aryl methyl sites for hydroxylation is 1. The first-order valence-electron chi connectivity index (χ1n) is 5.85. The van der Waals surface area contributed by atoms with E-state index in [4.69, 9.17) is 0 Å². The van der Waals surface area contributed by atoms with Crippen molar-refractivity contribution in [2.24, 2.45) is 0 Å². The van der Waals surface area contributed by atoms with Crippen LogP contribution in [-0.4, -0.2) is 4.98 Å². The SMILES string of the molecule is CCCCCc1ccc2cc(Br)ccc2n1. The van der Waals surface area contributed by atoms with Crippen LogP contribution < -0.4 is 0 Å². The van der Waals surface area contributed by atoms with Crippen LogP contribution in [0.25, 0.3) is 10.9 Å². The highest BCUT2D eigenvalue weighted by Crippen LogP contribution is 2.19. The molecular formula is C14H16BrN. The highest BCUT2D eigenvalue weighted by molar-refractivity contribution is 9.10. The molecule has 0 amide bonds. The molecule has 1 aromatic heterocycles. The largest absolute Gasteiger partial charge is 0.253 e. The Morgan fingerprint density at radius 1 is 1.12 bits per heavy atom. The Labute approximate surface area is 105 Å². The number of unbranched alkanes of at least 4 members (excludes halogenated alkanes) is 2. The summed E-state index contributed by atoms with van der Waals surface area (Å²) in [5.41, 5.74) is 2.31. The van der Waals surface area contributed by atoms with Gasteiger partial charge < -0.3 is 0 Å². The summed E-state index contributed by atoms with van der Waals surface area (Å²) in [5, 5.41) is 1.20. The minimum Gasteiger partial charge on any atom is -0.253 e. The highest BCUT2D eigenvalue weighted by Gasteiger charge is 1.99. The van der Waals surface area contributed by atoms with E-state index < -0.39 is 0 Å². The van der Waals surface area contributed by atoms with Gasteiger partial charge in [-0.3, -0.25) is 4.98 Å². The summed E-state index contributed by atoms with van der Waals surface area (Å²) in [7, 11) is 0. The minimum atomic E-state index is 1.09. The van der Waals surface area contributed by atoms with E-state index in [1.54, 1.807) is 0 Å². The lowest BCUT2D eigenvalue weighted by Crippen LogP contribution is -1.90. The molecule has 0 saturated heterocycles. The Balaban J connectivity index is 2.20. The average Bonchev–Trinajstić information content (AvgIpc) is 2.29. The van der Waals surface area contributed by atoms with Crippen molar-refractivity contribution in [3.8, 4) is 0 Å². The molecule has 0 fully saturated rings. The maximum absolute atomic E-state index is 4.67. The van der Waals surface area contributed by atoms with Crippen molar-refractivity contribution in [2.45, 2.75) is 32.6 Å². The van der Waals surface area contributed by atoms with Gasteiger partial charge in [-0.25, -0.2) is 0 Å². The van der Waals surface area contributed by atoms with E-state index >= 15 is 0 Å². The van der Waals surface area contributed by atoms with Gasteiger partial charge in [-0.05, 0) is 37.1 Å². The molecule has 0 radical (unpaired) electrons. The van der Waals surface area contributed by atoms with Crippen LogP contribution >= 0.6 is 15.9 Å². The Morgan fingerprint density at radius 2 is 2.00 bits per heavy atom. The van der Waals surface area contributed by atoms with Crippen LogP contribution in [-0.2, 0) is 6.42 Å². The zero-order valence-electron chi connectivity index (χ0n) is 9.54. The minimum absolute atomic E-state index is 1.09. The third-order valence-electron chi connectivity index (χ3n) is 2.75. The fourth-order valence-electron chi connectivity index (χ4n) is 1.83. The summed E-state index contributed by atoms with van der Waals surface area (Å²) in [5.74, 6) is 0. The average molecular weight is 278 g/mol. The van der Waals surface area contributed by atoms with Gasteiger partial charge in [-0.15, -0.1) is 0 Å². The van der Waals surface area contributed by atoms with Crippen molar-refractivity contribution in [1.82, 2.24) is 4.98 Å². The topological polar surface area (TPSA) is 12.9 Å². The third kappa shape index (κ3) is 2.82. The summed E-state index contributed by atoms with van der Waals surface area (Å²) in [6.45, 7) is 2.23. The third-order valence-corrected chi connectivity index (χ3v) is 3.24. The summed E-state index contributed by atoms with van der Waals surface area (Å²) in [4.78, 5) is 4.67. The highest BCUT2D eigenvalue weighted by atomic mass is 79.9. The van der Waals surface area contributed by atoms with Crippen LogP contribution in [0.4, 0.5) is 0 Å². The molecule has 16 heavy (non-hydrogen) atoms. The van der Waals surface area contributed by atoms with Gasteiger partial charge in [0.05, 0.1) is 5.52 Å². The zero-order chi connectivity index (χ0) is 11.4. The fourth-order valence-corrected chi connectivity index (χ4v) is 2.21. The summed E-state index contributed by atoms with van der Waals surface area (Å²) in [6.07, 6.45) is 4.89. The van der Waals surface area contributed by atoms with Crippen molar-refractivity contribution in [3.05, 3.63) is 40.5 Å². The van der Waals surface area contributed by atoms with Crippen molar-refractivity contribution in [2.75, 3.05) is 0 Å². The molecule has 0 unspecified atom stereocenters. The molecule has 0 saturated carbocycles. The first kappa shape index (κ1) is 11.6. The number of hydrogen-bond donors (Lipinski definition) is 0. The second-order valence-corrected chi connectivity index (χ2v) is 5.01. The number of benzene rings is 1. The number of aromatic nitrogens is 1. The van der Waals surface area contributed by atoms with Crippen LogP contribution in [0.5, 0.6) is 0 Å². The van der Waals surface area contributed by atoms with Crippen molar-refractivity contribution in [1.29, 1.82) is 0 Å². The quantitative estimate of drug-likeness (QED) is 0.737. The smallest absolute Gasteiger partial charge is 0.0706 e. The van der Waals surface area contributed by atoms with Gasteiger partial charge in [0.25, 0.3) is 0 Å². The summed E-state index contributed by atoms with van der Waals surface area (Å²) in [6, 6.07) is 10.5. The normalized spacial score (nSPS) is 10.9. The molecule has 1 heterocycles. The molecule has 0 spiro atoms. The lowest BCUT2D eigenvalue weighted by Gasteiger charge is -2.03. The van der Waals surface area contributed by atoms with Gasteiger partial charge >= 0.3 is 0 Å². The molecule has 0 aliphatic carbocycles. The van der Waals surface area contributed by atoms with Gasteiger partial charge in [0, 0.05) is 15.6 Å². The van der Waals surface area contributed by atoms with Crippen molar-refractivity contribution >= 4 is 26.8 Å². The van der Waals surface area contributed by atoms with Gasteiger partial charge in [-0.1, -0.05) is 41.8 Å². The van der Waals surface area contributed by atoms with Gasteiger partial charge in [0.15, 0.2) is 0 Å². The molecule has 0 bridgehead atoms. The number of pyridine rings is 1. The van der Waals surface area contributed by atoms with E-state index in [2.05, 4.69) is 52.1 Å². The molecule has 0 aliphatic rings. The van der Waals surface area contributed by atoms with Crippen molar-refractivity contribution < 1.29 is 0 Å². The number of hydrogen-bond acceptors (Lipinski definition) is 1. The zero-order valence-corrected chi connectivity index (χ0v) is 11.1. The molecule has 0 aliphatic heterocycles. The fraction of sp³-hybridized carbons (Fsp3) is 0.357. The Kier molecular flexibility index (Phi) is 3.94. The lowest BCUT2D eigenvalue weighted by atomic mass is 10.1. The van der Waals surface area contributed by atoms with Gasteiger partial charge in [0.1, 0.15) is 0 Å². The molecular weight excluding hydrogens is 262 g/mol. The molecule has 2 aromatic rings. The molecule has 0 atom stereocenters. The number of rotatable bonds is 4. The number of halogens is 1. The van der Waals surface area contributed by atoms with Gasteiger partial charge in [-0.2, -0.15) is 0 Å². The summed E-state index contributed by atoms with van der Waals surface area (Å²) < 4.78 is 1.11. The van der Waals surface area contributed by atoms with Crippen LogP contribution in [0.15, 0.2) is 34.8 Å². The van der Waals surface area contributed by atoms with E-state index in [9.17, 15) is 0 Å². The first-order valence-corrected chi connectivity index (χ1v) is 6.64. The molecule has 2 heteroatoms. The van der Waals surface area contributed by atoms with Crippen LogP contribution in [0.3, 0.4) is 0 Å². The molecule has 1 nitrogen and oxygen atoms in total. The number of fused-ring (bicyclic) bond motifs is 1. The van der Waals surface area contributed by atoms with E-state index in [1.807, 2.05) is 6.07 Å². The Morgan fingerprint density at radius 3 is 2.81 bits per heavy atom. The molecule has 84 valence electrons. The van der Waals surface area contributed by atoms with Crippen LogP contribution in [0.2, 0.25) is 0 Å². The van der Waals surface area contributed by atoms with Crippen LogP contribution in [0, 0.1) is 0 Å². The standard InChI is InChI=1S/C14H16BrN/c1-2-3-4-5-13-8-6-11-10-12(15)7-9-14(11)16-13/h6-10H,2-5H2,1H3. The van der Waals surface area contributed by atoms with E-state index in [0.29, 0.717) is 0 Å². The Bertz CT molecular complexity index is 479. The lowest BCUT2D eigenvalue weighted by molar-refractivity contribution is 0.709.